The molecule has 1 unspecified atom stereocenters. The van der Waals surface area contributed by atoms with Gasteiger partial charge in [0.1, 0.15) is 6.04 Å². The fraction of sp³-hybridized carbons (Fsp3) is 0.400. The molecule has 114 valence electrons. The third-order valence-electron chi connectivity index (χ3n) is 3.48. The van der Waals surface area contributed by atoms with Gasteiger partial charge in [0.15, 0.2) is 0 Å². The summed E-state index contributed by atoms with van der Waals surface area (Å²) >= 11 is 0. The molecule has 1 atom stereocenters. The summed E-state index contributed by atoms with van der Waals surface area (Å²) in [6.45, 7) is 7.04. The predicted molar refractivity (Wildman–Crippen MR) is 80.6 cm³/mol. The lowest BCUT2D eigenvalue weighted by Crippen LogP contribution is -2.41. The molecule has 1 aromatic carbocycles. The third kappa shape index (κ3) is 3.63. The summed E-state index contributed by atoms with van der Waals surface area (Å²) in [6.07, 6.45) is 4.87. The highest BCUT2D eigenvalue weighted by atomic mass is 32.2. The van der Waals surface area contributed by atoms with Gasteiger partial charge in [-0.05, 0) is 49.9 Å². The number of rotatable bonds is 5. The van der Waals surface area contributed by atoms with E-state index in [4.69, 9.17) is 11.5 Å². The molecule has 1 rings (SSSR count). The number of hydrogen-bond donors (Lipinski definition) is 2. The van der Waals surface area contributed by atoms with E-state index in [0.717, 1.165) is 11.1 Å². The van der Waals surface area contributed by atoms with Crippen molar-refractivity contribution in [3.63, 3.8) is 0 Å². The van der Waals surface area contributed by atoms with Crippen molar-refractivity contribution >= 4 is 16.0 Å². The highest BCUT2D eigenvalue weighted by Gasteiger charge is 2.28. The smallest absolute Gasteiger partial charge is 0.322 e. The summed E-state index contributed by atoms with van der Waals surface area (Å²) in [6, 6.07) is 0.569. The van der Waals surface area contributed by atoms with Crippen molar-refractivity contribution in [2.24, 2.45) is 0 Å². The van der Waals surface area contributed by atoms with Crippen molar-refractivity contribution in [2.75, 3.05) is 0 Å². The van der Waals surface area contributed by atoms with Gasteiger partial charge in [0.25, 0.3) is 0 Å². The third-order valence-corrected chi connectivity index (χ3v) is 5.23. The van der Waals surface area contributed by atoms with Gasteiger partial charge in [-0.3, -0.25) is 4.79 Å². The standard InChI is InChI=1S/C15H19NO4S/c1-6-7-13(15(17)18)16-21(19,20)14-11(4)9(2)8-10(3)12(14)5/h1,8,13,16H,7H2,2-5H3,(H,17,18). The second-order valence-corrected chi connectivity index (χ2v) is 6.66. The maximum atomic E-state index is 12.5. The number of sulfonamides is 1. The molecule has 0 spiro atoms. The Balaban J connectivity index is 3.39. The molecule has 0 saturated carbocycles. The molecule has 0 fully saturated rings. The quantitative estimate of drug-likeness (QED) is 0.811. The van der Waals surface area contributed by atoms with E-state index < -0.39 is 22.0 Å². The predicted octanol–water partition coefficient (Wildman–Crippen LogP) is 1.68. The normalized spacial score (nSPS) is 12.7. The Morgan fingerprint density at radius 1 is 1.29 bits per heavy atom. The van der Waals surface area contributed by atoms with E-state index in [1.807, 2.05) is 19.9 Å². The maximum Gasteiger partial charge on any atom is 0.322 e. The summed E-state index contributed by atoms with van der Waals surface area (Å²) in [7, 11) is -3.96. The molecule has 0 heterocycles. The number of benzene rings is 1. The minimum atomic E-state index is -3.96. The zero-order valence-electron chi connectivity index (χ0n) is 12.5. The Kier molecular flexibility index (Phi) is 5.15. The van der Waals surface area contributed by atoms with Crippen LogP contribution in [0.5, 0.6) is 0 Å². The Hall–Kier alpha value is -1.84. The fourth-order valence-electron chi connectivity index (χ4n) is 2.13. The van der Waals surface area contributed by atoms with Gasteiger partial charge in [-0.1, -0.05) is 6.07 Å². The molecule has 2 N–H and O–H groups in total. The maximum absolute atomic E-state index is 12.5. The molecule has 0 bridgehead atoms. The summed E-state index contributed by atoms with van der Waals surface area (Å²) < 4.78 is 27.2. The van der Waals surface area contributed by atoms with Gasteiger partial charge >= 0.3 is 5.97 Å². The molecule has 1 aromatic rings. The van der Waals surface area contributed by atoms with Gasteiger partial charge < -0.3 is 5.11 Å². The zero-order chi connectivity index (χ0) is 16.4. The topological polar surface area (TPSA) is 83.5 Å². The van der Waals surface area contributed by atoms with E-state index >= 15 is 0 Å². The van der Waals surface area contributed by atoms with Crippen molar-refractivity contribution < 1.29 is 18.3 Å². The second-order valence-electron chi connectivity index (χ2n) is 5.01. The van der Waals surface area contributed by atoms with E-state index in [0.29, 0.717) is 11.1 Å². The number of carboxylic acids is 1. The number of aliphatic carboxylic acids is 1. The molecule has 0 aromatic heterocycles. The van der Waals surface area contributed by atoms with Crippen molar-refractivity contribution in [1.29, 1.82) is 0 Å². The molecule has 0 radical (unpaired) electrons. The first-order valence-corrected chi connectivity index (χ1v) is 7.86. The van der Waals surface area contributed by atoms with Crippen molar-refractivity contribution in [3.05, 3.63) is 28.3 Å². The summed E-state index contributed by atoms with van der Waals surface area (Å²) in [4.78, 5) is 11.2. The number of aryl methyl sites for hydroxylation is 2. The van der Waals surface area contributed by atoms with Crippen LogP contribution in [0, 0.1) is 40.0 Å². The highest BCUT2D eigenvalue weighted by Crippen LogP contribution is 2.26. The molecular formula is C15H19NO4S. The van der Waals surface area contributed by atoms with E-state index in [2.05, 4.69) is 10.6 Å². The second kappa shape index (κ2) is 6.29. The zero-order valence-corrected chi connectivity index (χ0v) is 13.3. The van der Waals surface area contributed by atoms with Gasteiger partial charge in [-0.2, -0.15) is 4.72 Å². The fourth-order valence-corrected chi connectivity index (χ4v) is 3.93. The number of hydrogen-bond acceptors (Lipinski definition) is 3. The molecule has 0 aliphatic heterocycles. The molecular weight excluding hydrogens is 290 g/mol. The van der Waals surface area contributed by atoms with Gasteiger partial charge in [-0.25, -0.2) is 8.42 Å². The van der Waals surface area contributed by atoms with Crippen molar-refractivity contribution in [1.82, 2.24) is 4.72 Å². The van der Waals surface area contributed by atoms with Crippen LogP contribution in [-0.4, -0.2) is 25.5 Å². The first-order valence-electron chi connectivity index (χ1n) is 6.37. The van der Waals surface area contributed by atoms with Crippen LogP contribution in [0.1, 0.15) is 28.7 Å². The van der Waals surface area contributed by atoms with Gasteiger partial charge in [-0.15, -0.1) is 12.3 Å². The molecule has 21 heavy (non-hydrogen) atoms. The Bertz CT molecular complexity index is 688. The van der Waals surface area contributed by atoms with Gasteiger partial charge in [0.05, 0.1) is 4.90 Å². The van der Waals surface area contributed by atoms with Crippen LogP contribution < -0.4 is 4.72 Å². The van der Waals surface area contributed by atoms with E-state index in [1.54, 1.807) is 13.8 Å². The van der Waals surface area contributed by atoms with Gasteiger partial charge in [0, 0.05) is 6.42 Å². The molecule has 5 nitrogen and oxygen atoms in total. The molecule has 0 amide bonds. The number of carboxylic acid groups (broad SMARTS) is 1. The van der Waals surface area contributed by atoms with Crippen LogP contribution in [0.15, 0.2) is 11.0 Å². The van der Waals surface area contributed by atoms with Crippen molar-refractivity contribution in [2.45, 2.75) is 45.1 Å². The molecule has 0 aliphatic carbocycles. The average molecular weight is 309 g/mol. The van der Waals surface area contributed by atoms with Crippen LogP contribution in [0.4, 0.5) is 0 Å². The highest BCUT2D eigenvalue weighted by molar-refractivity contribution is 7.89. The molecule has 0 aliphatic rings. The summed E-state index contributed by atoms with van der Waals surface area (Å²) in [5.41, 5.74) is 2.88. The summed E-state index contributed by atoms with van der Waals surface area (Å²) in [5.74, 6) is 0.872. The van der Waals surface area contributed by atoms with Crippen LogP contribution in [0.25, 0.3) is 0 Å². The molecule has 0 saturated heterocycles. The van der Waals surface area contributed by atoms with Crippen molar-refractivity contribution in [3.8, 4) is 12.3 Å². The first-order chi connectivity index (χ1) is 9.61. The minimum Gasteiger partial charge on any atom is -0.480 e. The van der Waals surface area contributed by atoms with Crippen LogP contribution >= 0.6 is 0 Å². The Morgan fingerprint density at radius 2 is 1.76 bits per heavy atom. The molecule has 6 heteroatoms. The monoisotopic (exact) mass is 309 g/mol. The number of terminal acetylenes is 1. The number of nitrogens with one attached hydrogen (secondary N) is 1. The lowest BCUT2D eigenvalue weighted by molar-refractivity contribution is -0.138. The van der Waals surface area contributed by atoms with Crippen LogP contribution in [0.3, 0.4) is 0 Å². The number of carbonyl (C=O) groups is 1. The minimum absolute atomic E-state index is 0.128. The lowest BCUT2D eigenvalue weighted by atomic mass is 10.0. The average Bonchev–Trinajstić information content (AvgIpc) is 2.35. The Morgan fingerprint density at radius 3 is 2.14 bits per heavy atom. The first kappa shape index (κ1) is 17.2. The SMILES string of the molecule is C#CCC(NS(=O)(=O)c1c(C)c(C)cc(C)c1C)C(=O)O. The van der Waals surface area contributed by atoms with E-state index in [-0.39, 0.29) is 11.3 Å². The summed E-state index contributed by atoms with van der Waals surface area (Å²) in [5, 5.41) is 9.04. The lowest BCUT2D eigenvalue weighted by Gasteiger charge is -2.18. The largest absolute Gasteiger partial charge is 0.480 e. The Labute approximate surface area is 125 Å². The van der Waals surface area contributed by atoms with Gasteiger partial charge in [0.2, 0.25) is 10.0 Å². The van der Waals surface area contributed by atoms with Crippen LogP contribution in [-0.2, 0) is 14.8 Å². The van der Waals surface area contributed by atoms with E-state index in [9.17, 15) is 13.2 Å². The van der Waals surface area contributed by atoms with E-state index in [1.165, 1.54) is 0 Å². The van der Waals surface area contributed by atoms with Crippen LogP contribution in [0.2, 0.25) is 0 Å².